The molecule has 4 N–H and O–H groups in total. The second-order valence-electron chi connectivity index (χ2n) is 12.5. The summed E-state index contributed by atoms with van der Waals surface area (Å²) in [4.78, 5) is 36.2. The number of hydrogen-bond donors (Lipinski definition) is 4. The van der Waals surface area contributed by atoms with Crippen molar-refractivity contribution in [1.29, 1.82) is 0 Å². The Bertz CT molecular complexity index is 2230. The van der Waals surface area contributed by atoms with Gasteiger partial charge in [0.1, 0.15) is 0 Å². The summed E-state index contributed by atoms with van der Waals surface area (Å²) in [5.74, 6) is -0.349. The summed E-state index contributed by atoms with van der Waals surface area (Å²) in [6.45, 7) is 1.02. The van der Waals surface area contributed by atoms with Crippen molar-refractivity contribution in [3.8, 4) is 0 Å². The van der Waals surface area contributed by atoms with Gasteiger partial charge in [-0.15, -0.1) is 5.10 Å². The molecule has 264 valence electrons. The first kappa shape index (κ1) is 33.6. The van der Waals surface area contributed by atoms with E-state index in [0.29, 0.717) is 37.3 Å². The predicted octanol–water partition coefficient (Wildman–Crippen LogP) is 4.28. The molecule has 3 aromatic carbocycles. The van der Waals surface area contributed by atoms with Gasteiger partial charge in [-0.1, -0.05) is 17.3 Å². The number of aryl methyl sites for hydroxylation is 4. The van der Waals surface area contributed by atoms with Crippen LogP contribution in [0.2, 0.25) is 0 Å². The molecule has 0 saturated heterocycles. The highest BCUT2D eigenvalue weighted by Gasteiger charge is 2.27. The Kier molecular flexibility index (Phi) is 9.31. The number of sulfonamides is 1. The lowest BCUT2D eigenvalue weighted by Gasteiger charge is -2.16. The molecule has 5 aromatic rings. The molecule has 0 saturated carbocycles. The molecule has 0 aliphatic heterocycles. The van der Waals surface area contributed by atoms with Crippen LogP contribution in [0.15, 0.2) is 58.2 Å². The molecule has 2 aromatic heterocycles. The number of rotatable bonds is 13. The van der Waals surface area contributed by atoms with Crippen LogP contribution in [0.3, 0.4) is 0 Å². The second kappa shape index (κ2) is 14.1. The Morgan fingerprint density at radius 1 is 0.961 bits per heavy atom. The zero-order valence-electron chi connectivity index (χ0n) is 27.3. The Balaban J connectivity index is 0.881. The number of anilines is 3. The molecule has 7 rings (SSSR count). The van der Waals surface area contributed by atoms with Crippen LogP contribution in [0.1, 0.15) is 53.6 Å². The van der Waals surface area contributed by atoms with Gasteiger partial charge in [-0.2, -0.15) is 0 Å². The fraction of sp³-hybridized carbons (Fsp3) is 0.333. The van der Waals surface area contributed by atoms with E-state index >= 15 is 0 Å². The van der Waals surface area contributed by atoms with Gasteiger partial charge in [0.2, 0.25) is 11.4 Å². The minimum atomic E-state index is -4.23. The maximum absolute atomic E-state index is 13.2. The van der Waals surface area contributed by atoms with Crippen molar-refractivity contribution in [3.63, 3.8) is 0 Å². The number of carbonyl (C=O) groups is 2. The topological polar surface area (TPSA) is 229 Å². The largest absolute Gasteiger partial charge is 0.383 e. The SMILES string of the molecule is O=C(CCc1cn(CCCNc2ccc([N+](=O)[O-])c3nonc23)nn1)Nc1cccc(S(=O)(=O)NC(=O)Nc2c3c(cc4c2CCC4)CCC3)c1. The molecular formula is C33H34N10O7S. The van der Waals surface area contributed by atoms with Crippen molar-refractivity contribution in [1.82, 2.24) is 30.0 Å². The van der Waals surface area contributed by atoms with Crippen molar-refractivity contribution in [3.05, 3.63) is 86.7 Å². The maximum atomic E-state index is 13.2. The van der Waals surface area contributed by atoms with Crippen molar-refractivity contribution >= 4 is 55.7 Å². The highest BCUT2D eigenvalue weighted by molar-refractivity contribution is 7.90. The summed E-state index contributed by atoms with van der Waals surface area (Å²) in [5.41, 5.74) is 6.95. The molecule has 17 nitrogen and oxygen atoms in total. The van der Waals surface area contributed by atoms with Crippen LogP contribution in [-0.4, -0.2) is 57.1 Å². The maximum Gasteiger partial charge on any atom is 0.333 e. The van der Waals surface area contributed by atoms with E-state index < -0.39 is 21.0 Å². The normalized spacial score (nSPS) is 13.5. The summed E-state index contributed by atoms with van der Waals surface area (Å²) >= 11 is 0. The van der Waals surface area contributed by atoms with E-state index in [1.807, 2.05) is 0 Å². The smallest absolute Gasteiger partial charge is 0.333 e. The van der Waals surface area contributed by atoms with Crippen molar-refractivity contribution in [2.75, 3.05) is 22.5 Å². The third-order valence-corrected chi connectivity index (χ3v) is 10.4. The van der Waals surface area contributed by atoms with Crippen LogP contribution in [-0.2, 0) is 53.5 Å². The van der Waals surface area contributed by atoms with Gasteiger partial charge in [0, 0.05) is 49.6 Å². The lowest BCUT2D eigenvalue weighted by Crippen LogP contribution is -2.35. The Hall–Kier alpha value is -5.91. The quantitative estimate of drug-likeness (QED) is 0.0761. The molecule has 51 heavy (non-hydrogen) atoms. The summed E-state index contributed by atoms with van der Waals surface area (Å²) in [7, 11) is -4.23. The van der Waals surface area contributed by atoms with Gasteiger partial charge < -0.3 is 16.0 Å². The number of urea groups is 1. The van der Waals surface area contributed by atoms with Crippen LogP contribution in [0.5, 0.6) is 0 Å². The van der Waals surface area contributed by atoms with Crippen molar-refractivity contribution < 1.29 is 27.6 Å². The zero-order valence-corrected chi connectivity index (χ0v) is 28.2. The monoisotopic (exact) mass is 714 g/mol. The number of nitrogens with one attached hydrogen (secondary N) is 4. The number of hydrogen-bond acceptors (Lipinski definition) is 12. The van der Waals surface area contributed by atoms with E-state index in [1.54, 1.807) is 23.0 Å². The molecule has 0 bridgehead atoms. The molecule has 2 aliphatic rings. The van der Waals surface area contributed by atoms with Gasteiger partial charge in [0.25, 0.3) is 10.0 Å². The third-order valence-electron chi connectivity index (χ3n) is 9.03. The number of fused-ring (bicyclic) bond motifs is 3. The number of non-ortho nitro benzene ring substituents is 1. The average molecular weight is 715 g/mol. The van der Waals surface area contributed by atoms with E-state index in [0.717, 1.165) is 55.3 Å². The van der Waals surface area contributed by atoms with Gasteiger partial charge in [-0.3, -0.25) is 19.6 Å². The first-order valence-corrected chi connectivity index (χ1v) is 18.1. The van der Waals surface area contributed by atoms with E-state index in [1.165, 1.54) is 35.4 Å². The van der Waals surface area contributed by atoms with Crippen LogP contribution < -0.4 is 20.7 Å². The van der Waals surface area contributed by atoms with Crippen LogP contribution in [0, 0.1) is 10.1 Å². The van der Waals surface area contributed by atoms with Gasteiger partial charge in [0.05, 0.1) is 21.2 Å². The molecule has 18 heteroatoms. The first-order chi connectivity index (χ1) is 24.6. The number of carbonyl (C=O) groups excluding carboxylic acids is 2. The zero-order chi connectivity index (χ0) is 35.5. The standard InChI is InChI=1S/C33H34N10O7S/c44-29(14-11-23-19-42(41-37-23)16-4-15-34-27-12-13-28(43(46)47)32-31(27)38-50-39-32)35-22-7-3-8-24(18-22)51(48,49)40-33(45)36-30-25-9-1-5-20(25)17-21-6-2-10-26(21)30/h3,7-8,12-13,17-19,34H,1-2,4-6,9-11,14-16H2,(H,35,44)(H2,36,40,45). The average Bonchev–Trinajstić information content (AvgIpc) is 3.93. The van der Waals surface area contributed by atoms with Gasteiger partial charge in [-0.25, -0.2) is 22.6 Å². The lowest BCUT2D eigenvalue weighted by atomic mass is 9.99. The van der Waals surface area contributed by atoms with E-state index in [9.17, 15) is 28.1 Å². The lowest BCUT2D eigenvalue weighted by molar-refractivity contribution is -0.383. The van der Waals surface area contributed by atoms with Gasteiger partial charge in [-0.05, 0) is 102 Å². The van der Waals surface area contributed by atoms with Crippen molar-refractivity contribution in [2.24, 2.45) is 0 Å². The van der Waals surface area contributed by atoms with E-state index in [-0.39, 0.29) is 39.6 Å². The molecule has 0 spiro atoms. The second-order valence-corrected chi connectivity index (χ2v) is 14.2. The number of nitro groups is 1. The molecule has 3 amide bonds. The number of amides is 3. The highest BCUT2D eigenvalue weighted by Crippen LogP contribution is 2.38. The Morgan fingerprint density at radius 2 is 1.73 bits per heavy atom. The predicted molar refractivity (Wildman–Crippen MR) is 185 cm³/mol. The molecule has 0 atom stereocenters. The van der Waals surface area contributed by atoms with Crippen LogP contribution in [0.4, 0.5) is 27.5 Å². The van der Waals surface area contributed by atoms with Crippen molar-refractivity contribution in [2.45, 2.75) is 69.2 Å². The molecule has 0 fully saturated rings. The fourth-order valence-electron chi connectivity index (χ4n) is 6.66. The molecule has 2 heterocycles. The number of nitro benzene ring substituents is 1. The van der Waals surface area contributed by atoms with Gasteiger partial charge >= 0.3 is 11.7 Å². The molecule has 0 unspecified atom stereocenters. The van der Waals surface area contributed by atoms with E-state index in [4.69, 9.17) is 0 Å². The summed E-state index contributed by atoms with van der Waals surface area (Å²) < 4.78 is 34.8. The van der Waals surface area contributed by atoms with Gasteiger partial charge in [0.15, 0.2) is 5.52 Å². The first-order valence-electron chi connectivity index (χ1n) is 16.6. The summed E-state index contributed by atoms with van der Waals surface area (Å²) in [6, 6.07) is 10.0. The fourth-order valence-corrected chi connectivity index (χ4v) is 7.62. The Labute approximate surface area is 291 Å². The minimum absolute atomic E-state index is 0.0673. The number of nitrogens with zero attached hydrogens (tertiary/aromatic N) is 6. The molecule has 0 radical (unpaired) electrons. The Morgan fingerprint density at radius 3 is 2.49 bits per heavy atom. The molecule has 2 aliphatic carbocycles. The highest BCUT2D eigenvalue weighted by atomic mass is 32.2. The molecular weight excluding hydrogens is 680 g/mol. The third kappa shape index (κ3) is 7.35. The van der Waals surface area contributed by atoms with E-state index in [2.05, 4.69) is 52.0 Å². The number of aromatic nitrogens is 5. The minimum Gasteiger partial charge on any atom is -0.383 e. The van der Waals surface area contributed by atoms with Crippen LogP contribution in [0.25, 0.3) is 11.0 Å². The number of benzene rings is 3. The van der Waals surface area contributed by atoms with Crippen LogP contribution >= 0.6 is 0 Å². The summed E-state index contributed by atoms with van der Waals surface area (Å²) in [5, 5.41) is 35.5. The summed E-state index contributed by atoms with van der Waals surface area (Å²) in [6.07, 6.45) is 8.38.